The first kappa shape index (κ1) is 21.7. The maximum absolute atomic E-state index is 13.6. The van der Waals surface area contributed by atoms with Crippen molar-refractivity contribution in [1.82, 2.24) is 10.2 Å². The molecule has 4 rings (SSSR count). The van der Waals surface area contributed by atoms with Gasteiger partial charge >= 0.3 is 0 Å². The van der Waals surface area contributed by atoms with Crippen LogP contribution in [0.25, 0.3) is 0 Å². The molecule has 0 bridgehead atoms. The van der Waals surface area contributed by atoms with Crippen LogP contribution < -0.4 is 5.32 Å². The predicted octanol–water partition coefficient (Wildman–Crippen LogP) is 2.64. The summed E-state index contributed by atoms with van der Waals surface area (Å²) in [4.78, 5) is 38.8. The van der Waals surface area contributed by atoms with Gasteiger partial charge in [0, 0.05) is 30.8 Å². The fraction of sp³-hybridized carbons (Fsp3) is 0.636. The highest BCUT2D eigenvalue weighted by Crippen LogP contribution is 2.43. The SMILES string of the molecule is CC1CCC2(CC1)OC[C@@H](C(=O)NC[C@H]1CCCO1)N2C(=O)c1cccc([N+](=O)[O-])c1. The van der Waals surface area contributed by atoms with Crippen molar-refractivity contribution in [2.24, 2.45) is 5.92 Å². The highest BCUT2D eigenvalue weighted by atomic mass is 16.6. The molecule has 0 radical (unpaired) electrons. The lowest BCUT2D eigenvalue weighted by Crippen LogP contribution is -2.57. The molecule has 2 atom stereocenters. The number of nitrogens with zero attached hydrogens (tertiary/aromatic N) is 2. The summed E-state index contributed by atoms with van der Waals surface area (Å²) in [6, 6.07) is 4.88. The van der Waals surface area contributed by atoms with Gasteiger partial charge in [0.2, 0.25) is 5.91 Å². The molecule has 9 nitrogen and oxygen atoms in total. The van der Waals surface area contributed by atoms with E-state index in [1.807, 2.05) is 0 Å². The van der Waals surface area contributed by atoms with Crippen LogP contribution >= 0.6 is 0 Å². The second-order valence-electron chi connectivity index (χ2n) is 8.82. The van der Waals surface area contributed by atoms with Gasteiger partial charge in [0.15, 0.2) is 0 Å². The average Bonchev–Trinajstić information content (AvgIpc) is 3.42. The van der Waals surface area contributed by atoms with Gasteiger partial charge in [-0.3, -0.25) is 24.6 Å². The zero-order valence-corrected chi connectivity index (χ0v) is 17.7. The van der Waals surface area contributed by atoms with Gasteiger partial charge in [-0.1, -0.05) is 13.0 Å². The summed E-state index contributed by atoms with van der Waals surface area (Å²) in [7, 11) is 0. The molecule has 0 unspecified atom stereocenters. The molecule has 9 heteroatoms. The Balaban J connectivity index is 1.58. The summed E-state index contributed by atoms with van der Waals surface area (Å²) in [5.74, 6) is -0.158. The minimum atomic E-state index is -0.847. The number of ether oxygens (including phenoxy) is 2. The van der Waals surface area contributed by atoms with Crippen LogP contribution in [0.5, 0.6) is 0 Å². The molecule has 3 fully saturated rings. The number of benzene rings is 1. The first-order valence-electron chi connectivity index (χ1n) is 11.0. The van der Waals surface area contributed by atoms with E-state index in [0.29, 0.717) is 31.9 Å². The maximum atomic E-state index is 13.6. The number of hydrogen-bond acceptors (Lipinski definition) is 6. The van der Waals surface area contributed by atoms with Crippen molar-refractivity contribution in [3.05, 3.63) is 39.9 Å². The summed E-state index contributed by atoms with van der Waals surface area (Å²) < 4.78 is 11.7. The first-order chi connectivity index (χ1) is 14.9. The Hall–Kier alpha value is -2.52. The molecule has 168 valence electrons. The van der Waals surface area contributed by atoms with E-state index in [1.54, 1.807) is 11.0 Å². The molecule has 31 heavy (non-hydrogen) atoms. The van der Waals surface area contributed by atoms with Crippen LogP contribution in [0.1, 0.15) is 55.8 Å². The minimum Gasteiger partial charge on any atom is -0.376 e. The number of nitrogens with one attached hydrogen (secondary N) is 1. The van der Waals surface area contributed by atoms with Crippen LogP contribution in [-0.4, -0.2) is 59.3 Å². The molecule has 0 aromatic heterocycles. The van der Waals surface area contributed by atoms with Crippen LogP contribution in [0.3, 0.4) is 0 Å². The number of carbonyl (C=O) groups is 2. The van der Waals surface area contributed by atoms with Crippen molar-refractivity contribution in [3.63, 3.8) is 0 Å². The largest absolute Gasteiger partial charge is 0.376 e. The zero-order valence-electron chi connectivity index (χ0n) is 17.7. The van der Waals surface area contributed by atoms with Crippen LogP contribution in [-0.2, 0) is 14.3 Å². The third-order valence-electron chi connectivity index (χ3n) is 6.67. The molecule has 2 amide bonds. The van der Waals surface area contributed by atoms with E-state index in [4.69, 9.17) is 9.47 Å². The van der Waals surface area contributed by atoms with E-state index in [0.717, 1.165) is 25.7 Å². The molecule has 2 heterocycles. The van der Waals surface area contributed by atoms with Crippen molar-refractivity contribution in [2.45, 2.75) is 63.3 Å². The first-order valence-corrected chi connectivity index (χ1v) is 11.0. The standard InChI is InChI=1S/C22H29N3O6/c1-15-7-9-22(10-8-15)24(21(27)16-4-2-5-17(12-16)25(28)29)19(14-31-22)20(26)23-13-18-6-3-11-30-18/h2,4-5,12,15,18-19H,3,6-11,13-14H2,1H3,(H,23,26)/t15?,18-,19+,22?/m1/s1. The average molecular weight is 431 g/mol. The molecule has 1 aromatic carbocycles. The van der Waals surface area contributed by atoms with E-state index in [-0.39, 0.29) is 29.9 Å². The molecule has 2 saturated heterocycles. The second kappa shape index (κ2) is 8.92. The Bertz CT molecular complexity index is 845. The lowest BCUT2D eigenvalue weighted by molar-refractivity contribution is -0.384. The minimum absolute atomic E-state index is 0.00307. The van der Waals surface area contributed by atoms with Crippen LogP contribution in [0.15, 0.2) is 24.3 Å². The number of hydrogen-bond donors (Lipinski definition) is 1. The van der Waals surface area contributed by atoms with Gasteiger partial charge in [0.25, 0.3) is 11.6 Å². The Morgan fingerprint density at radius 1 is 1.29 bits per heavy atom. The number of rotatable bonds is 5. The highest BCUT2D eigenvalue weighted by Gasteiger charge is 2.53. The number of carbonyl (C=O) groups excluding carboxylic acids is 2. The number of nitro benzene ring substituents is 1. The van der Waals surface area contributed by atoms with Crippen molar-refractivity contribution in [1.29, 1.82) is 0 Å². The predicted molar refractivity (Wildman–Crippen MR) is 111 cm³/mol. The molecular formula is C22H29N3O6. The molecule has 1 spiro atoms. The van der Waals surface area contributed by atoms with Crippen molar-refractivity contribution >= 4 is 17.5 Å². The Morgan fingerprint density at radius 2 is 2.06 bits per heavy atom. The summed E-state index contributed by atoms with van der Waals surface area (Å²) in [6.07, 6.45) is 4.95. The van der Waals surface area contributed by atoms with Gasteiger partial charge in [-0.05, 0) is 50.5 Å². The number of nitro groups is 1. The van der Waals surface area contributed by atoms with E-state index in [1.165, 1.54) is 18.2 Å². The Kier molecular flexibility index (Phi) is 6.24. The van der Waals surface area contributed by atoms with E-state index in [2.05, 4.69) is 12.2 Å². The van der Waals surface area contributed by atoms with Crippen LogP contribution in [0.2, 0.25) is 0 Å². The Morgan fingerprint density at radius 3 is 2.74 bits per heavy atom. The third-order valence-corrected chi connectivity index (χ3v) is 6.67. The quantitative estimate of drug-likeness (QED) is 0.567. The normalized spacial score (nSPS) is 30.5. The molecule has 1 N–H and O–H groups in total. The van der Waals surface area contributed by atoms with Gasteiger partial charge in [0.1, 0.15) is 11.8 Å². The smallest absolute Gasteiger partial charge is 0.270 e. The summed E-state index contributed by atoms with van der Waals surface area (Å²) in [5, 5.41) is 14.1. The zero-order chi connectivity index (χ0) is 22.0. The van der Waals surface area contributed by atoms with Gasteiger partial charge in [-0.25, -0.2) is 0 Å². The second-order valence-corrected chi connectivity index (χ2v) is 8.82. The molecule has 2 aliphatic heterocycles. The van der Waals surface area contributed by atoms with E-state index in [9.17, 15) is 19.7 Å². The van der Waals surface area contributed by atoms with E-state index >= 15 is 0 Å². The Labute approximate surface area is 181 Å². The maximum Gasteiger partial charge on any atom is 0.270 e. The van der Waals surface area contributed by atoms with Crippen LogP contribution in [0, 0.1) is 16.0 Å². The molecular weight excluding hydrogens is 402 g/mol. The summed E-state index contributed by atoms with van der Waals surface area (Å²) in [5.41, 5.74) is -0.814. The lowest BCUT2D eigenvalue weighted by Gasteiger charge is -2.43. The van der Waals surface area contributed by atoms with Crippen molar-refractivity contribution < 1.29 is 24.0 Å². The lowest BCUT2D eigenvalue weighted by atomic mass is 9.83. The van der Waals surface area contributed by atoms with Crippen LogP contribution in [0.4, 0.5) is 5.69 Å². The molecule has 3 aliphatic rings. The van der Waals surface area contributed by atoms with E-state index < -0.39 is 22.6 Å². The van der Waals surface area contributed by atoms with Crippen molar-refractivity contribution in [3.8, 4) is 0 Å². The third kappa shape index (κ3) is 4.43. The number of amides is 2. The molecule has 1 saturated carbocycles. The highest BCUT2D eigenvalue weighted by molar-refractivity contribution is 5.99. The summed E-state index contributed by atoms with van der Waals surface area (Å²) >= 11 is 0. The van der Waals surface area contributed by atoms with Gasteiger partial charge in [0.05, 0.1) is 17.6 Å². The number of non-ortho nitro benzene ring substituents is 1. The van der Waals surface area contributed by atoms with Gasteiger partial charge < -0.3 is 14.8 Å². The fourth-order valence-electron chi connectivity index (χ4n) is 4.81. The van der Waals surface area contributed by atoms with Crippen molar-refractivity contribution in [2.75, 3.05) is 19.8 Å². The molecule has 1 aliphatic carbocycles. The molecule has 1 aromatic rings. The monoisotopic (exact) mass is 431 g/mol. The van der Waals surface area contributed by atoms with Gasteiger partial charge in [-0.2, -0.15) is 0 Å². The topological polar surface area (TPSA) is 111 Å². The van der Waals surface area contributed by atoms with Gasteiger partial charge in [-0.15, -0.1) is 0 Å². The summed E-state index contributed by atoms with van der Waals surface area (Å²) in [6.45, 7) is 3.39. The fourth-order valence-corrected chi connectivity index (χ4v) is 4.81.